The fourth-order valence-corrected chi connectivity index (χ4v) is 2.08. The molecule has 0 radical (unpaired) electrons. The number of benzene rings is 1. The third-order valence-corrected chi connectivity index (χ3v) is 3.24. The monoisotopic (exact) mass is 233 g/mol. The first-order chi connectivity index (χ1) is 8.15. The van der Waals surface area contributed by atoms with Crippen LogP contribution in [0.1, 0.15) is 51.1 Å². The van der Waals surface area contributed by atoms with Crippen LogP contribution in [-0.4, -0.2) is 6.10 Å². The topological polar surface area (TPSA) is 35.2 Å². The molecule has 2 heteroatoms. The SMILES string of the molecule is CC(C)Oc1cccc(C(N)CCC2CC2)c1. The van der Waals surface area contributed by atoms with Gasteiger partial charge >= 0.3 is 0 Å². The molecular weight excluding hydrogens is 210 g/mol. The summed E-state index contributed by atoms with van der Waals surface area (Å²) >= 11 is 0. The van der Waals surface area contributed by atoms with E-state index in [-0.39, 0.29) is 12.1 Å². The summed E-state index contributed by atoms with van der Waals surface area (Å²) < 4.78 is 5.69. The van der Waals surface area contributed by atoms with Crippen molar-refractivity contribution in [3.8, 4) is 5.75 Å². The van der Waals surface area contributed by atoms with E-state index in [9.17, 15) is 0 Å². The number of nitrogens with two attached hydrogens (primary N) is 1. The van der Waals surface area contributed by atoms with E-state index >= 15 is 0 Å². The van der Waals surface area contributed by atoms with Crippen molar-refractivity contribution in [2.75, 3.05) is 0 Å². The van der Waals surface area contributed by atoms with Gasteiger partial charge < -0.3 is 10.5 Å². The van der Waals surface area contributed by atoms with Crippen LogP contribution in [-0.2, 0) is 0 Å². The highest BCUT2D eigenvalue weighted by molar-refractivity contribution is 5.30. The molecule has 1 aromatic carbocycles. The van der Waals surface area contributed by atoms with Crippen LogP contribution in [0.3, 0.4) is 0 Å². The summed E-state index contributed by atoms with van der Waals surface area (Å²) in [6.07, 6.45) is 5.39. The van der Waals surface area contributed by atoms with Gasteiger partial charge in [0.1, 0.15) is 5.75 Å². The van der Waals surface area contributed by atoms with Gasteiger partial charge in [-0.2, -0.15) is 0 Å². The molecule has 1 fully saturated rings. The third kappa shape index (κ3) is 4.04. The molecule has 1 unspecified atom stereocenters. The number of hydrogen-bond donors (Lipinski definition) is 1. The molecule has 0 bridgehead atoms. The Kier molecular flexibility index (Phi) is 4.06. The smallest absolute Gasteiger partial charge is 0.120 e. The standard InChI is InChI=1S/C15H23NO/c1-11(2)17-14-5-3-4-13(10-14)15(16)9-8-12-6-7-12/h3-5,10-12,15H,6-9,16H2,1-2H3. The van der Waals surface area contributed by atoms with Crippen molar-refractivity contribution in [3.05, 3.63) is 29.8 Å². The van der Waals surface area contributed by atoms with Crippen LogP contribution in [0.4, 0.5) is 0 Å². The second kappa shape index (κ2) is 5.54. The number of rotatable bonds is 6. The van der Waals surface area contributed by atoms with E-state index in [4.69, 9.17) is 10.5 Å². The first-order valence-electron chi connectivity index (χ1n) is 6.67. The van der Waals surface area contributed by atoms with Gasteiger partial charge in [0.25, 0.3) is 0 Å². The Morgan fingerprint density at radius 1 is 1.35 bits per heavy atom. The zero-order chi connectivity index (χ0) is 12.3. The molecule has 1 aromatic rings. The largest absolute Gasteiger partial charge is 0.491 e. The first kappa shape index (κ1) is 12.4. The fraction of sp³-hybridized carbons (Fsp3) is 0.600. The van der Waals surface area contributed by atoms with Gasteiger partial charge in [0.05, 0.1) is 6.10 Å². The highest BCUT2D eigenvalue weighted by atomic mass is 16.5. The van der Waals surface area contributed by atoms with Gasteiger partial charge in [-0.3, -0.25) is 0 Å². The Hall–Kier alpha value is -1.02. The van der Waals surface area contributed by atoms with Crippen molar-refractivity contribution in [1.29, 1.82) is 0 Å². The van der Waals surface area contributed by atoms with Crippen LogP contribution in [0, 0.1) is 5.92 Å². The molecule has 2 nitrogen and oxygen atoms in total. The lowest BCUT2D eigenvalue weighted by molar-refractivity contribution is 0.242. The molecule has 94 valence electrons. The predicted octanol–water partition coefficient (Wildman–Crippen LogP) is 3.66. The minimum Gasteiger partial charge on any atom is -0.491 e. The molecule has 1 atom stereocenters. The van der Waals surface area contributed by atoms with Gasteiger partial charge in [-0.05, 0) is 50.3 Å². The maximum Gasteiger partial charge on any atom is 0.120 e. The zero-order valence-corrected chi connectivity index (χ0v) is 10.9. The third-order valence-electron chi connectivity index (χ3n) is 3.24. The Morgan fingerprint density at radius 3 is 2.76 bits per heavy atom. The lowest BCUT2D eigenvalue weighted by Crippen LogP contribution is -2.11. The van der Waals surface area contributed by atoms with Crippen molar-refractivity contribution in [2.45, 2.75) is 51.7 Å². The lowest BCUT2D eigenvalue weighted by Gasteiger charge is -2.15. The molecule has 2 rings (SSSR count). The van der Waals surface area contributed by atoms with Crippen LogP contribution in [0.5, 0.6) is 5.75 Å². The molecule has 0 heterocycles. The zero-order valence-electron chi connectivity index (χ0n) is 10.9. The van der Waals surface area contributed by atoms with Gasteiger partial charge in [0.2, 0.25) is 0 Å². The van der Waals surface area contributed by atoms with E-state index in [1.165, 1.54) is 24.8 Å². The molecule has 1 saturated carbocycles. The Balaban J connectivity index is 1.93. The highest BCUT2D eigenvalue weighted by Gasteiger charge is 2.22. The summed E-state index contributed by atoms with van der Waals surface area (Å²) in [5, 5.41) is 0. The molecule has 0 saturated heterocycles. The summed E-state index contributed by atoms with van der Waals surface area (Å²) in [4.78, 5) is 0. The van der Waals surface area contributed by atoms with Crippen LogP contribution in [0.15, 0.2) is 24.3 Å². The second-order valence-electron chi connectivity index (χ2n) is 5.37. The average molecular weight is 233 g/mol. The van der Waals surface area contributed by atoms with Crippen molar-refractivity contribution in [3.63, 3.8) is 0 Å². The van der Waals surface area contributed by atoms with E-state index in [1.54, 1.807) is 0 Å². The molecule has 0 spiro atoms. The predicted molar refractivity (Wildman–Crippen MR) is 71.1 cm³/mol. The molecule has 0 aliphatic heterocycles. The van der Waals surface area contributed by atoms with Crippen LogP contribution in [0.2, 0.25) is 0 Å². The van der Waals surface area contributed by atoms with Gasteiger partial charge in [-0.25, -0.2) is 0 Å². The van der Waals surface area contributed by atoms with E-state index in [0.717, 1.165) is 18.1 Å². The Labute approximate surface area is 104 Å². The van der Waals surface area contributed by atoms with Crippen molar-refractivity contribution >= 4 is 0 Å². The van der Waals surface area contributed by atoms with Gasteiger partial charge in [0, 0.05) is 6.04 Å². The lowest BCUT2D eigenvalue weighted by atomic mass is 10.0. The highest BCUT2D eigenvalue weighted by Crippen LogP contribution is 2.35. The molecule has 2 N–H and O–H groups in total. The summed E-state index contributed by atoms with van der Waals surface area (Å²) in [6.45, 7) is 4.08. The van der Waals surface area contributed by atoms with Gasteiger partial charge in [-0.15, -0.1) is 0 Å². The van der Waals surface area contributed by atoms with Crippen LogP contribution in [0.25, 0.3) is 0 Å². The summed E-state index contributed by atoms with van der Waals surface area (Å²) in [7, 11) is 0. The minimum atomic E-state index is 0.159. The van der Waals surface area contributed by atoms with Crippen LogP contribution < -0.4 is 10.5 Å². The minimum absolute atomic E-state index is 0.159. The summed E-state index contributed by atoms with van der Waals surface area (Å²) in [5.41, 5.74) is 7.41. The fourth-order valence-electron chi connectivity index (χ4n) is 2.08. The quantitative estimate of drug-likeness (QED) is 0.813. The van der Waals surface area contributed by atoms with Gasteiger partial charge in [0.15, 0.2) is 0 Å². The van der Waals surface area contributed by atoms with Crippen molar-refractivity contribution < 1.29 is 4.74 Å². The van der Waals surface area contributed by atoms with Crippen molar-refractivity contribution in [2.24, 2.45) is 11.7 Å². The molecule has 1 aliphatic rings. The second-order valence-corrected chi connectivity index (χ2v) is 5.37. The van der Waals surface area contributed by atoms with Gasteiger partial charge in [-0.1, -0.05) is 25.0 Å². The van der Waals surface area contributed by atoms with E-state index in [0.29, 0.717) is 0 Å². The Morgan fingerprint density at radius 2 is 2.12 bits per heavy atom. The molecule has 0 aromatic heterocycles. The molecule has 1 aliphatic carbocycles. The van der Waals surface area contributed by atoms with Crippen LogP contribution >= 0.6 is 0 Å². The van der Waals surface area contributed by atoms with E-state index < -0.39 is 0 Å². The van der Waals surface area contributed by atoms with E-state index in [1.807, 2.05) is 26.0 Å². The number of ether oxygens (including phenoxy) is 1. The Bertz CT molecular complexity index is 358. The summed E-state index contributed by atoms with van der Waals surface area (Å²) in [6, 6.07) is 8.37. The average Bonchev–Trinajstić information content (AvgIpc) is 3.09. The maximum atomic E-state index is 6.22. The van der Waals surface area contributed by atoms with Crippen molar-refractivity contribution in [1.82, 2.24) is 0 Å². The maximum absolute atomic E-state index is 6.22. The summed E-state index contributed by atoms with van der Waals surface area (Å²) in [5.74, 6) is 1.88. The number of hydrogen-bond acceptors (Lipinski definition) is 2. The molecule has 0 amide bonds. The molecular formula is C15H23NO. The first-order valence-corrected chi connectivity index (χ1v) is 6.67. The van der Waals surface area contributed by atoms with E-state index in [2.05, 4.69) is 12.1 Å². The molecule has 17 heavy (non-hydrogen) atoms. The normalized spacial score (nSPS) is 17.2.